The van der Waals surface area contributed by atoms with Crippen LogP contribution in [0.15, 0.2) is 72.1 Å². The number of hydrogen-bond acceptors (Lipinski definition) is 4. The third-order valence-electron chi connectivity index (χ3n) is 4.32. The van der Waals surface area contributed by atoms with Gasteiger partial charge in [0.25, 0.3) is 0 Å². The van der Waals surface area contributed by atoms with Crippen molar-refractivity contribution in [2.24, 2.45) is 0 Å². The summed E-state index contributed by atoms with van der Waals surface area (Å²) in [6.07, 6.45) is 2.29. The Kier molecular flexibility index (Phi) is 4.20. The number of thiophene rings is 1. The third kappa shape index (κ3) is 3.13. The number of rotatable bonds is 4. The Labute approximate surface area is 152 Å². The lowest BCUT2D eigenvalue weighted by molar-refractivity contribution is 0.415. The van der Waals surface area contributed by atoms with E-state index in [4.69, 9.17) is 4.74 Å². The van der Waals surface area contributed by atoms with Crippen LogP contribution in [0.1, 0.15) is 22.0 Å². The number of benzene rings is 2. The summed E-state index contributed by atoms with van der Waals surface area (Å²) in [4.78, 5) is 1.33. The number of aryl methyl sites for hydroxylation is 1. The van der Waals surface area contributed by atoms with E-state index in [-0.39, 0.29) is 6.04 Å². The third-order valence-corrected chi connectivity index (χ3v) is 5.44. The van der Waals surface area contributed by atoms with E-state index in [2.05, 4.69) is 71.3 Å². The second-order valence-corrected chi connectivity index (χ2v) is 7.04. The Balaban J connectivity index is 1.71. The van der Waals surface area contributed by atoms with Gasteiger partial charge in [0, 0.05) is 4.88 Å². The monoisotopic (exact) mass is 348 g/mol. The van der Waals surface area contributed by atoms with E-state index in [0.717, 1.165) is 22.7 Å². The van der Waals surface area contributed by atoms with Gasteiger partial charge in [0.15, 0.2) is 0 Å². The Bertz CT molecular complexity index is 884. The summed E-state index contributed by atoms with van der Waals surface area (Å²) >= 11 is 1.80. The van der Waals surface area contributed by atoms with E-state index >= 15 is 0 Å². The normalized spacial score (nSPS) is 16.5. The van der Waals surface area contributed by atoms with Crippen molar-refractivity contribution >= 4 is 22.7 Å². The van der Waals surface area contributed by atoms with Gasteiger partial charge in [-0.15, -0.1) is 11.3 Å². The maximum absolute atomic E-state index is 5.27. The molecule has 1 atom stereocenters. The van der Waals surface area contributed by atoms with Gasteiger partial charge in [0.05, 0.1) is 18.5 Å². The lowest BCUT2D eigenvalue weighted by Crippen LogP contribution is -2.33. The van der Waals surface area contributed by atoms with Crippen LogP contribution in [0.5, 0.6) is 5.75 Å². The molecule has 0 radical (unpaired) electrons. The van der Waals surface area contributed by atoms with Crippen LogP contribution in [0.25, 0.3) is 5.70 Å². The molecule has 1 N–H and O–H groups in total. The highest BCUT2D eigenvalue weighted by Gasteiger charge is 2.28. The average molecular weight is 348 g/mol. The smallest absolute Gasteiger partial charge is 0.118 e. The van der Waals surface area contributed by atoms with E-state index in [0.29, 0.717) is 0 Å². The van der Waals surface area contributed by atoms with Crippen molar-refractivity contribution in [3.05, 3.63) is 88.1 Å². The highest BCUT2D eigenvalue weighted by molar-refractivity contribution is 7.10. The van der Waals surface area contributed by atoms with Crippen LogP contribution in [0.4, 0.5) is 5.69 Å². The van der Waals surface area contributed by atoms with Gasteiger partial charge >= 0.3 is 0 Å². The van der Waals surface area contributed by atoms with Gasteiger partial charge in [-0.25, -0.2) is 0 Å². The fraction of sp³-hybridized carbons (Fsp3) is 0.143. The summed E-state index contributed by atoms with van der Waals surface area (Å²) in [5, 5.41) is 4.43. The number of hydrazine groups is 1. The summed E-state index contributed by atoms with van der Waals surface area (Å²) < 4.78 is 5.27. The predicted molar refractivity (Wildman–Crippen MR) is 105 cm³/mol. The zero-order valence-corrected chi connectivity index (χ0v) is 15.1. The first-order valence-corrected chi connectivity index (χ1v) is 9.15. The molecule has 0 bridgehead atoms. The molecular formula is C21H20N2OS. The quantitative estimate of drug-likeness (QED) is 0.704. The molecule has 126 valence electrons. The molecule has 1 aromatic heterocycles. The van der Waals surface area contributed by atoms with Crippen LogP contribution in [0.3, 0.4) is 0 Å². The first-order chi connectivity index (χ1) is 12.2. The van der Waals surface area contributed by atoms with Gasteiger partial charge in [0.1, 0.15) is 11.8 Å². The van der Waals surface area contributed by atoms with Gasteiger partial charge in [-0.3, -0.25) is 10.4 Å². The number of methoxy groups -OCH3 is 1. The molecule has 0 saturated heterocycles. The molecule has 3 nitrogen and oxygen atoms in total. The minimum Gasteiger partial charge on any atom is -0.497 e. The van der Waals surface area contributed by atoms with Gasteiger partial charge in [-0.05, 0) is 72.0 Å². The van der Waals surface area contributed by atoms with Gasteiger partial charge in [-0.2, -0.15) is 0 Å². The van der Waals surface area contributed by atoms with Crippen molar-refractivity contribution in [1.82, 2.24) is 5.43 Å². The molecule has 1 aliphatic heterocycles. The number of nitrogens with zero attached hydrogens (tertiary/aromatic N) is 1. The average Bonchev–Trinajstić information content (AvgIpc) is 3.29. The number of para-hydroxylation sites is 1. The second-order valence-electron chi connectivity index (χ2n) is 6.10. The zero-order valence-electron chi connectivity index (χ0n) is 14.3. The summed E-state index contributed by atoms with van der Waals surface area (Å²) in [6.45, 7) is 2.14. The standard InChI is InChI=1S/C21H20N2OS/c1-15-12-21(25-14-15)20-13-19(16-8-10-18(24-2)11-9-16)22-23(20)17-6-4-3-5-7-17/h3-14,20,22H,1-2H3. The van der Waals surface area contributed by atoms with E-state index in [1.807, 2.05) is 18.2 Å². The lowest BCUT2D eigenvalue weighted by atomic mass is 10.1. The molecule has 4 rings (SSSR count). The van der Waals surface area contributed by atoms with Gasteiger partial charge in [0.2, 0.25) is 0 Å². The zero-order chi connectivity index (χ0) is 17.2. The first kappa shape index (κ1) is 15.8. The first-order valence-electron chi connectivity index (χ1n) is 8.27. The van der Waals surface area contributed by atoms with Crippen molar-refractivity contribution in [3.63, 3.8) is 0 Å². The minimum atomic E-state index is 0.179. The van der Waals surface area contributed by atoms with Gasteiger partial charge in [-0.1, -0.05) is 18.2 Å². The maximum atomic E-state index is 5.27. The van der Waals surface area contributed by atoms with Gasteiger partial charge < -0.3 is 4.74 Å². The molecule has 0 fully saturated rings. The number of anilines is 1. The van der Waals surface area contributed by atoms with Crippen molar-refractivity contribution in [3.8, 4) is 5.75 Å². The molecule has 4 heteroatoms. The molecule has 0 saturated carbocycles. The number of nitrogens with one attached hydrogen (secondary N) is 1. The summed E-state index contributed by atoms with van der Waals surface area (Å²) in [5.41, 5.74) is 8.30. The Morgan fingerprint density at radius 1 is 1.04 bits per heavy atom. The Hall–Kier alpha value is -2.72. The molecule has 25 heavy (non-hydrogen) atoms. The Morgan fingerprint density at radius 2 is 1.80 bits per heavy atom. The van der Waals surface area contributed by atoms with Crippen LogP contribution in [0.2, 0.25) is 0 Å². The molecule has 0 amide bonds. The van der Waals surface area contributed by atoms with E-state index in [1.165, 1.54) is 10.4 Å². The molecule has 3 aromatic rings. The topological polar surface area (TPSA) is 24.5 Å². The molecule has 0 spiro atoms. The second kappa shape index (κ2) is 6.65. The molecule has 1 aliphatic rings. The Morgan fingerprint density at radius 3 is 2.44 bits per heavy atom. The fourth-order valence-electron chi connectivity index (χ4n) is 3.03. The SMILES string of the molecule is COc1ccc(C2=CC(c3cc(C)cs3)N(c3ccccc3)N2)cc1. The van der Waals surface area contributed by atoms with Crippen LogP contribution in [-0.4, -0.2) is 7.11 Å². The van der Waals surface area contributed by atoms with Crippen LogP contribution < -0.4 is 15.2 Å². The molecule has 0 aliphatic carbocycles. The van der Waals surface area contributed by atoms with Crippen LogP contribution in [0, 0.1) is 6.92 Å². The molecule has 2 aromatic carbocycles. The maximum Gasteiger partial charge on any atom is 0.118 e. The van der Waals surface area contributed by atoms with Crippen LogP contribution in [-0.2, 0) is 0 Å². The largest absolute Gasteiger partial charge is 0.497 e. The fourth-order valence-corrected chi connectivity index (χ4v) is 3.99. The predicted octanol–water partition coefficient (Wildman–Crippen LogP) is 5.17. The summed E-state index contributed by atoms with van der Waals surface area (Å²) in [5.74, 6) is 0.868. The van der Waals surface area contributed by atoms with E-state index < -0.39 is 0 Å². The van der Waals surface area contributed by atoms with Crippen molar-refractivity contribution in [2.45, 2.75) is 13.0 Å². The summed E-state index contributed by atoms with van der Waals surface area (Å²) in [6, 6.07) is 21.0. The summed E-state index contributed by atoms with van der Waals surface area (Å²) in [7, 11) is 1.69. The molecule has 1 unspecified atom stereocenters. The lowest BCUT2D eigenvalue weighted by Gasteiger charge is -2.26. The van der Waals surface area contributed by atoms with E-state index in [1.54, 1.807) is 18.4 Å². The van der Waals surface area contributed by atoms with Crippen molar-refractivity contribution in [2.75, 3.05) is 12.1 Å². The molecular weight excluding hydrogens is 328 g/mol. The van der Waals surface area contributed by atoms with Crippen molar-refractivity contribution in [1.29, 1.82) is 0 Å². The minimum absolute atomic E-state index is 0.179. The molecule has 2 heterocycles. The highest BCUT2D eigenvalue weighted by Crippen LogP contribution is 2.37. The number of hydrogen-bond donors (Lipinski definition) is 1. The van der Waals surface area contributed by atoms with Crippen LogP contribution >= 0.6 is 11.3 Å². The highest BCUT2D eigenvalue weighted by atomic mass is 32.1. The number of ether oxygens (including phenoxy) is 1. The van der Waals surface area contributed by atoms with Crippen molar-refractivity contribution < 1.29 is 4.74 Å². The van der Waals surface area contributed by atoms with E-state index in [9.17, 15) is 0 Å².